The lowest BCUT2D eigenvalue weighted by molar-refractivity contribution is -0.386. The van der Waals surface area contributed by atoms with Crippen LogP contribution in [-0.4, -0.2) is 20.5 Å². The van der Waals surface area contributed by atoms with Crippen molar-refractivity contribution >= 4 is 27.0 Å². The van der Waals surface area contributed by atoms with E-state index in [1.54, 1.807) is 0 Å². The molecule has 0 bridgehead atoms. The number of benzene rings is 2. The van der Waals surface area contributed by atoms with Crippen molar-refractivity contribution in [3.63, 3.8) is 0 Å². The third-order valence-electron chi connectivity index (χ3n) is 4.48. The summed E-state index contributed by atoms with van der Waals surface area (Å²) >= 11 is 1.43. The SMILES string of the molecule is CCc1ccc(C(NS(=O)(=O)c2ccc(OC)c([N+](=O)[O-])c2)c2cccs2)cc1. The zero-order valence-corrected chi connectivity index (χ0v) is 17.5. The first kappa shape index (κ1) is 21.0. The van der Waals surface area contributed by atoms with Gasteiger partial charge >= 0.3 is 5.69 Å². The van der Waals surface area contributed by atoms with Crippen molar-refractivity contribution in [2.75, 3.05) is 7.11 Å². The van der Waals surface area contributed by atoms with Crippen LogP contribution in [0.5, 0.6) is 5.75 Å². The fourth-order valence-electron chi connectivity index (χ4n) is 2.89. The van der Waals surface area contributed by atoms with Crippen molar-refractivity contribution in [3.8, 4) is 5.75 Å². The lowest BCUT2D eigenvalue weighted by Gasteiger charge is -2.19. The van der Waals surface area contributed by atoms with Gasteiger partial charge in [-0.1, -0.05) is 37.3 Å². The minimum Gasteiger partial charge on any atom is -0.490 e. The van der Waals surface area contributed by atoms with Crippen LogP contribution >= 0.6 is 11.3 Å². The number of hydrogen-bond acceptors (Lipinski definition) is 6. The van der Waals surface area contributed by atoms with E-state index >= 15 is 0 Å². The highest BCUT2D eigenvalue weighted by Gasteiger charge is 2.26. The quantitative estimate of drug-likeness (QED) is 0.423. The molecule has 0 saturated heterocycles. The van der Waals surface area contributed by atoms with E-state index in [9.17, 15) is 18.5 Å². The molecule has 1 atom stereocenters. The maximum absolute atomic E-state index is 13.0. The summed E-state index contributed by atoms with van der Waals surface area (Å²) in [6.07, 6.45) is 0.880. The number of aryl methyl sites for hydroxylation is 1. The molecule has 1 heterocycles. The maximum atomic E-state index is 13.0. The van der Waals surface area contributed by atoms with E-state index in [1.807, 2.05) is 48.7 Å². The van der Waals surface area contributed by atoms with E-state index in [1.165, 1.54) is 30.6 Å². The first-order chi connectivity index (χ1) is 13.9. The zero-order chi connectivity index (χ0) is 21.0. The van der Waals surface area contributed by atoms with Crippen LogP contribution in [0.3, 0.4) is 0 Å². The van der Waals surface area contributed by atoms with Gasteiger partial charge in [0, 0.05) is 10.9 Å². The Morgan fingerprint density at radius 3 is 2.45 bits per heavy atom. The molecule has 0 aliphatic carbocycles. The average molecular weight is 433 g/mol. The molecule has 0 aliphatic rings. The van der Waals surface area contributed by atoms with Crippen molar-refractivity contribution in [2.45, 2.75) is 24.3 Å². The summed E-state index contributed by atoms with van der Waals surface area (Å²) in [5.41, 5.74) is 1.53. The van der Waals surface area contributed by atoms with E-state index in [2.05, 4.69) is 4.72 Å². The van der Waals surface area contributed by atoms with Gasteiger partial charge in [-0.15, -0.1) is 11.3 Å². The summed E-state index contributed by atoms with van der Waals surface area (Å²) in [7, 11) is -2.74. The smallest absolute Gasteiger partial charge is 0.312 e. The van der Waals surface area contributed by atoms with Gasteiger partial charge in [0.2, 0.25) is 10.0 Å². The first-order valence-electron chi connectivity index (χ1n) is 8.82. The number of ether oxygens (including phenoxy) is 1. The molecule has 29 heavy (non-hydrogen) atoms. The van der Waals surface area contributed by atoms with Crippen LogP contribution < -0.4 is 9.46 Å². The molecule has 3 rings (SSSR count). The van der Waals surface area contributed by atoms with Crippen LogP contribution in [0.2, 0.25) is 0 Å². The molecule has 0 aliphatic heterocycles. The number of nitro benzene ring substituents is 1. The van der Waals surface area contributed by atoms with Crippen LogP contribution in [-0.2, 0) is 16.4 Å². The molecule has 0 saturated carbocycles. The summed E-state index contributed by atoms with van der Waals surface area (Å²) in [6, 6.07) is 14.4. The number of methoxy groups -OCH3 is 1. The lowest BCUT2D eigenvalue weighted by atomic mass is 10.0. The maximum Gasteiger partial charge on any atom is 0.312 e. The number of rotatable bonds is 8. The number of nitro groups is 1. The molecule has 1 aromatic heterocycles. The molecule has 9 heteroatoms. The summed E-state index contributed by atoms with van der Waals surface area (Å²) in [5, 5.41) is 13.1. The average Bonchev–Trinajstić information content (AvgIpc) is 3.26. The highest BCUT2D eigenvalue weighted by atomic mass is 32.2. The third kappa shape index (κ3) is 4.64. The summed E-state index contributed by atoms with van der Waals surface area (Å²) in [6.45, 7) is 2.05. The Bertz CT molecular complexity index is 1090. The van der Waals surface area contributed by atoms with Gasteiger partial charge in [0.05, 0.1) is 23.0 Å². The predicted molar refractivity (Wildman–Crippen MR) is 112 cm³/mol. The van der Waals surface area contributed by atoms with E-state index in [0.717, 1.165) is 28.5 Å². The summed E-state index contributed by atoms with van der Waals surface area (Å²) in [4.78, 5) is 11.2. The number of sulfonamides is 1. The summed E-state index contributed by atoms with van der Waals surface area (Å²) in [5.74, 6) is -0.00101. The molecule has 1 N–H and O–H groups in total. The van der Waals surface area contributed by atoms with E-state index in [-0.39, 0.29) is 10.6 Å². The van der Waals surface area contributed by atoms with Gasteiger partial charge in [-0.2, -0.15) is 4.72 Å². The van der Waals surface area contributed by atoms with Crippen molar-refractivity contribution in [1.29, 1.82) is 0 Å². The molecule has 0 radical (unpaired) electrons. The normalized spacial score (nSPS) is 12.5. The molecular formula is C20H20N2O5S2. The molecule has 0 spiro atoms. The number of thiophene rings is 1. The van der Waals surface area contributed by atoms with Crippen LogP contribution in [0.15, 0.2) is 64.9 Å². The fraction of sp³-hybridized carbons (Fsp3) is 0.200. The Balaban J connectivity index is 2.00. The monoisotopic (exact) mass is 432 g/mol. The van der Waals surface area contributed by atoms with Crippen molar-refractivity contribution in [1.82, 2.24) is 4.72 Å². The fourth-order valence-corrected chi connectivity index (χ4v) is 5.00. The molecule has 0 amide bonds. The highest BCUT2D eigenvalue weighted by Crippen LogP contribution is 2.32. The molecule has 7 nitrogen and oxygen atoms in total. The van der Waals surface area contributed by atoms with Gasteiger partial charge in [0.25, 0.3) is 0 Å². The van der Waals surface area contributed by atoms with Crippen molar-refractivity contribution < 1.29 is 18.1 Å². The molecule has 2 aromatic carbocycles. The molecular weight excluding hydrogens is 412 g/mol. The van der Waals surface area contributed by atoms with Gasteiger partial charge in [-0.3, -0.25) is 10.1 Å². The molecule has 3 aromatic rings. The Morgan fingerprint density at radius 1 is 1.17 bits per heavy atom. The minimum atomic E-state index is -4.03. The predicted octanol–water partition coefficient (Wildman–Crippen LogP) is 4.30. The van der Waals surface area contributed by atoms with E-state index in [0.29, 0.717) is 0 Å². The van der Waals surface area contributed by atoms with E-state index < -0.39 is 26.7 Å². The van der Waals surface area contributed by atoms with Gasteiger partial charge in [0.1, 0.15) is 0 Å². The second-order valence-electron chi connectivity index (χ2n) is 6.26. The van der Waals surface area contributed by atoms with Crippen LogP contribution in [0.1, 0.15) is 29.0 Å². The lowest BCUT2D eigenvalue weighted by Crippen LogP contribution is -2.29. The minimum absolute atomic E-state index is 0.00101. The van der Waals surface area contributed by atoms with Crippen molar-refractivity contribution in [3.05, 3.63) is 86.1 Å². The van der Waals surface area contributed by atoms with Crippen LogP contribution in [0.4, 0.5) is 5.69 Å². The Morgan fingerprint density at radius 2 is 1.90 bits per heavy atom. The second kappa shape index (κ2) is 8.73. The van der Waals surface area contributed by atoms with Gasteiger partial charge in [-0.05, 0) is 41.1 Å². The molecule has 152 valence electrons. The Hall–Kier alpha value is -2.75. The largest absolute Gasteiger partial charge is 0.490 e. The highest BCUT2D eigenvalue weighted by molar-refractivity contribution is 7.89. The standard InChI is InChI=1S/C20H20N2O5S2/c1-3-14-6-8-15(9-7-14)20(19-5-4-12-28-19)21-29(25,26)16-10-11-18(27-2)17(13-16)22(23)24/h4-13,20-21H,3H2,1-2H3. The topological polar surface area (TPSA) is 98.5 Å². The van der Waals surface area contributed by atoms with Crippen molar-refractivity contribution in [2.24, 2.45) is 0 Å². The second-order valence-corrected chi connectivity index (χ2v) is 8.95. The van der Waals surface area contributed by atoms with Gasteiger partial charge in [-0.25, -0.2) is 8.42 Å². The van der Waals surface area contributed by atoms with Crippen LogP contribution in [0.25, 0.3) is 0 Å². The molecule has 0 fully saturated rings. The van der Waals surface area contributed by atoms with Gasteiger partial charge < -0.3 is 4.74 Å². The van der Waals surface area contributed by atoms with Gasteiger partial charge in [0.15, 0.2) is 5.75 Å². The number of hydrogen-bond donors (Lipinski definition) is 1. The Labute approximate surface area is 173 Å². The summed E-state index contributed by atoms with van der Waals surface area (Å²) < 4.78 is 33.7. The number of nitrogens with zero attached hydrogens (tertiary/aromatic N) is 1. The first-order valence-corrected chi connectivity index (χ1v) is 11.2. The van der Waals surface area contributed by atoms with Crippen LogP contribution in [0, 0.1) is 10.1 Å². The third-order valence-corrected chi connectivity index (χ3v) is 6.84. The Kier molecular flexibility index (Phi) is 6.31. The van der Waals surface area contributed by atoms with E-state index in [4.69, 9.17) is 4.74 Å². The zero-order valence-electron chi connectivity index (χ0n) is 15.9. The number of nitrogens with one attached hydrogen (secondary N) is 1. The molecule has 1 unspecified atom stereocenters.